The van der Waals surface area contributed by atoms with E-state index in [0.29, 0.717) is 10.7 Å². The molecule has 2 aromatic carbocycles. The molecule has 1 amide bonds. The summed E-state index contributed by atoms with van der Waals surface area (Å²) in [6, 6.07) is 12.9. The lowest BCUT2D eigenvalue weighted by Gasteiger charge is -2.17. The minimum absolute atomic E-state index is 0.224. The van der Waals surface area contributed by atoms with E-state index in [1.54, 1.807) is 25.3 Å². The maximum absolute atomic E-state index is 12.1. The van der Waals surface area contributed by atoms with Crippen LogP contribution in [0.1, 0.15) is 5.56 Å². The van der Waals surface area contributed by atoms with Crippen LogP contribution in [0.4, 0.5) is 11.4 Å². The van der Waals surface area contributed by atoms with Crippen LogP contribution in [0.3, 0.4) is 0 Å². The van der Waals surface area contributed by atoms with Gasteiger partial charge < -0.3 is 15.0 Å². The topological polar surface area (TPSA) is 41.6 Å². The second-order valence-corrected chi connectivity index (χ2v) is 5.59. The van der Waals surface area contributed by atoms with Gasteiger partial charge in [0.1, 0.15) is 5.75 Å². The van der Waals surface area contributed by atoms with E-state index < -0.39 is 0 Å². The third-order valence-electron chi connectivity index (χ3n) is 3.22. The molecule has 23 heavy (non-hydrogen) atoms. The molecule has 0 saturated carbocycles. The molecule has 0 aliphatic carbocycles. The molecule has 0 aliphatic rings. The number of benzene rings is 2. The first-order valence-electron chi connectivity index (χ1n) is 7.09. The van der Waals surface area contributed by atoms with E-state index in [9.17, 15) is 4.79 Å². The number of halogens is 1. The van der Waals surface area contributed by atoms with E-state index in [1.165, 1.54) is 6.08 Å². The second-order valence-electron chi connectivity index (χ2n) is 5.16. The van der Waals surface area contributed by atoms with Gasteiger partial charge in [-0.3, -0.25) is 4.79 Å². The number of rotatable bonds is 5. The van der Waals surface area contributed by atoms with Gasteiger partial charge in [-0.05, 0) is 42.0 Å². The summed E-state index contributed by atoms with van der Waals surface area (Å²) in [7, 11) is 5.42. The summed E-state index contributed by atoms with van der Waals surface area (Å²) in [6.45, 7) is 0. The summed E-state index contributed by atoms with van der Waals surface area (Å²) in [4.78, 5) is 14.0. The number of hydrogen-bond donors (Lipinski definition) is 1. The van der Waals surface area contributed by atoms with Gasteiger partial charge in [0, 0.05) is 25.2 Å². The summed E-state index contributed by atoms with van der Waals surface area (Å²) in [6.07, 6.45) is 3.22. The largest absolute Gasteiger partial charge is 0.497 e. The number of methoxy groups -OCH3 is 1. The molecule has 0 atom stereocenters. The van der Waals surface area contributed by atoms with Gasteiger partial charge in [0.25, 0.3) is 0 Å². The molecule has 0 unspecified atom stereocenters. The second kappa shape index (κ2) is 7.70. The third-order valence-corrected chi connectivity index (χ3v) is 3.45. The summed E-state index contributed by atoms with van der Waals surface area (Å²) in [5, 5.41) is 3.42. The van der Waals surface area contributed by atoms with Crippen molar-refractivity contribution < 1.29 is 9.53 Å². The van der Waals surface area contributed by atoms with Crippen LogP contribution >= 0.6 is 11.6 Å². The van der Waals surface area contributed by atoms with Gasteiger partial charge >= 0.3 is 0 Å². The Bertz CT molecular complexity index is 727. The zero-order valence-electron chi connectivity index (χ0n) is 13.3. The molecule has 0 saturated heterocycles. The van der Waals surface area contributed by atoms with E-state index >= 15 is 0 Å². The zero-order chi connectivity index (χ0) is 16.8. The van der Waals surface area contributed by atoms with Gasteiger partial charge in [-0.15, -0.1) is 0 Å². The first-order valence-corrected chi connectivity index (χ1v) is 7.47. The Labute approximate surface area is 141 Å². The van der Waals surface area contributed by atoms with Gasteiger partial charge in [0.05, 0.1) is 18.5 Å². The van der Waals surface area contributed by atoms with Gasteiger partial charge in [0.15, 0.2) is 0 Å². The van der Waals surface area contributed by atoms with E-state index in [1.807, 2.05) is 49.3 Å². The Morgan fingerprint density at radius 3 is 2.70 bits per heavy atom. The number of anilines is 2. The van der Waals surface area contributed by atoms with Crippen LogP contribution < -0.4 is 15.0 Å². The molecule has 0 aliphatic heterocycles. The number of ether oxygens (including phenoxy) is 1. The highest BCUT2D eigenvalue weighted by Gasteiger charge is 2.07. The van der Waals surface area contributed by atoms with Crippen LogP contribution in [0.5, 0.6) is 5.75 Å². The molecule has 0 heterocycles. The number of carbonyl (C=O) groups is 1. The first-order chi connectivity index (χ1) is 11.0. The fraction of sp³-hybridized carbons (Fsp3) is 0.167. The van der Waals surface area contributed by atoms with E-state index in [2.05, 4.69) is 5.32 Å². The zero-order valence-corrected chi connectivity index (χ0v) is 14.1. The molecule has 0 aromatic heterocycles. The lowest BCUT2D eigenvalue weighted by Crippen LogP contribution is -2.15. The number of amides is 1. The Morgan fingerprint density at radius 2 is 2.00 bits per heavy atom. The molecule has 0 fully saturated rings. The van der Waals surface area contributed by atoms with Crippen LogP contribution in [-0.2, 0) is 4.79 Å². The highest BCUT2D eigenvalue weighted by molar-refractivity contribution is 6.31. The van der Waals surface area contributed by atoms with Gasteiger partial charge in [0.2, 0.25) is 5.91 Å². The Kier molecular flexibility index (Phi) is 5.66. The maximum Gasteiger partial charge on any atom is 0.248 e. The van der Waals surface area contributed by atoms with Crippen molar-refractivity contribution in [2.75, 3.05) is 31.4 Å². The predicted octanol–water partition coefficient (Wildman–Crippen LogP) is 4.07. The fourth-order valence-electron chi connectivity index (χ4n) is 2.09. The Hall–Kier alpha value is -2.46. The third kappa shape index (κ3) is 4.76. The maximum atomic E-state index is 12.1. The van der Waals surface area contributed by atoms with E-state index in [4.69, 9.17) is 16.3 Å². The highest BCUT2D eigenvalue weighted by atomic mass is 35.5. The fourth-order valence-corrected chi connectivity index (χ4v) is 2.26. The van der Waals surface area contributed by atoms with Crippen molar-refractivity contribution in [1.82, 2.24) is 0 Å². The lowest BCUT2D eigenvalue weighted by atomic mass is 10.2. The molecular weight excluding hydrogens is 312 g/mol. The molecule has 1 N–H and O–H groups in total. The normalized spacial score (nSPS) is 10.6. The van der Waals surface area contributed by atoms with Crippen molar-refractivity contribution in [2.24, 2.45) is 0 Å². The quantitative estimate of drug-likeness (QED) is 0.840. The van der Waals surface area contributed by atoms with Crippen LogP contribution in [-0.4, -0.2) is 27.1 Å². The molecule has 2 rings (SSSR count). The van der Waals surface area contributed by atoms with Crippen molar-refractivity contribution in [1.29, 1.82) is 0 Å². The number of carbonyl (C=O) groups excluding carboxylic acids is 1. The average molecular weight is 331 g/mol. The van der Waals surface area contributed by atoms with E-state index in [-0.39, 0.29) is 5.91 Å². The molecule has 4 nitrogen and oxygen atoms in total. The molecule has 0 bridgehead atoms. The van der Waals surface area contributed by atoms with Crippen molar-refractivity contribution in [3.05, 3.63) is 59.1 Å². The molecular formula is C18H19ClN2O2. The van der Waals surface area contributed by atoms with Gasteiger partial charge in [-0.1, -0.05) is 23.7 Å². The summed E-state index contributed by atoms with van der Waals surface area (Å²) < 4.78 is 5.16. The van der Waals surface area contributed by atoms with Crippen LogP contribution in [0, 0.1) is 0 Å². The van der Waals surface area contributed by atoms with Gasteiger partial charge in [-0.2, -0.15) is 0 Å². The SMILES string of the molecule is COc1cccc(C=CC(=O)Nc2cc(Cl)ccc2N(C)C)c1. The van der Waals surface area contributed by atoms with Crippen molar-refractivity contribution in [3.8, 4) is 5.75 Å². The van der Waals surface area contributed by atoms with Gasteiger partial charge in [-0.25, -0.2) is 0 Å². The summed E-state index contributed by atoms with van der Waals surface area (Å²) in [5.74, 6) is 0.524. The van der Waals surface area contributed by atoms with Crippen molar-refractivity contribution in [2.45, 2.75) is 0 Å². The van der Waals surface area contributed by atoms with Crippen LogP contribution in [0.25, 0.3) is 6.08 Å². The van der Waals surface area contributed by atoms with Crippen molar-refractivity contribution >= 4 is 35.0 Å². The molecule has 0 radical (unpaired) electrons. The summed E-state index contributed by atoms with van der Waals surface area (Å²) >= 11 is 6.01. The highest BCUT2D eigenvalue weighted by Crippen LogP contribution is 2.27. The predicted molar refractivity (Wildman–Crippen MR) is 96.4 cm³/mol. The molecule has 2 aromatic rings. The number of hydrogen-bond acceptors (Lipinski definition) is 3. The van der Waals surface area contributed by atoms with E-state index in [0.717, 1.165) is 17.0 Å². The summed E-state index contributed by atoms with van der Waals surface area (Å²) in [5.41, 5.74) is 2.44. The van der Waals surface area contributed by atoms with Crippen molar-refractivity contribution in [3.63, 3.8) is 0 Å². The smallest absolute Gasteiger partial charge is 0.248 e. The molecule has 0 spiro atoms. The monoisotopic (exact) mass is 330 g/mol. The minimum atomic E-state index is -0.224. The molecule has 120 valence electrons. The standard InChI is InChI=1S/C18H19ClN2O2/c1-21(2)17-9-8-14(19)12-16(17)20-18(22)10-7-13-5-4-6-15(11-13)23-3/h4-12H,1-3H3,(H,20,22). The van der Waals surface area contributed by atoms with Crippen LogP contribution in [0.15, 0.2) is 48.5 Å². The number of nitrogens with zero attached hydrogens (tertiary/aromatic N) is 1. The average Bonchev–Trinajstić information content (AvgIpc) is 2.53. The molecule has 5 heteroatoms. The first kappa shape index (κ1) is 16.9. The minimum Gasteiger partial charge on any atom is -0.497 e. The Balaban J connectivity index is 2.13. The van der Waals surface area contributed by atoms with Crippen LogP contribution in [0.2, 0.25) is 5.02 Å². The number of nitrogens with one attached hydrogen (secondary N) is 1. The lowest BCUT2D eigenvalue weighted by molar-refractivity contribution is -0.111. The Morgan fingerprint density at radius 1 is 1.22 bits per heavy atom.